The molecule has 0 aliphatic rings. The van der Waals surface area contributed by atoms with Crippen molar-refractivity contribution >= 4 is 24.0 Å². The predicted molar refractivity (Wildman–Crippen MR) is 71.7 cm³/mol. The first kappa shape index (κ1) is 14.7. The van der Waals surface area contributed by atoms with Gasteiger partial charge in [0.15, 0.2) is 0 Å². The first-order chi connectivity index (χ1) is 8.38. The largest absolute Gasteiger partial charge is 0.393 e. The molecule has 1 aromatic carbocycles. The Labute approximate surface area is 110 Å². The summed E-state index contributed by atoms with van der Waals surface area (Å²) in [5.74, 6) is 0.395. The van der Waals surface area contributed by atoms with E-state index in [1.807, 2.05) is 0 Å². The molecule has 0 spiro atoms. The van der Waals surface area contributed by atoms with Crippen LogP contribution >= 0.6 is 12.6 Å². The third-order valence-electron chi connectivity index (χ3n) is 2.64. The van der Waals surface area contributed by atoms with Crippen LogP contribution in [0.25, 0.3) is 0 Å². The van der Waals surface area contributed by atoms with Crippen molar-refractivity contribution in [2.75, 3.05) is 11.5 Å². The highest BCUT2D eigenvalue weighted by Crippen LogP contribution is 2.33. The summed E-state index contributed by atoms with van der Waals surface area (Å²) >= 11 is 3.96. The zero-order valence-corrected chi connectivity index (χ0v) is 10.8. The average molecular weight is 272 g/mol. The fourth-order valence-electron chi connectivity index (χ4n) is 1.70. The van der Waals surface area contributed by atoms with Gasteiger partial charge in [-0.1, -0.05) is 6.07 Å². The number of aryl methyl sites for hydroxylation is 1. The lowest BCUT2D eigenvalue weighted by atomic mass is 9.98. The van der Waals surface area contributed by atoms with Gasteiger partial charge in [0.05, 0.1) is 11.0 Å². The highest BCUT2D eigenvalue weighted by atomic mass is 32.1. The molecule has 0 radical (unpaired) electrons. The van der Waals surface area contributed by atoms with Crippen LogP contribution in [0.5, 0.6) is 0 Å². The summed E-state index contributed by atoms with van der Waals surface area (Å²) in [4.78, 5) is 10.2. The maximum atomic E-state index is 10.8. The Bertz CT molecular complexity index is 453. The number of hydrogen-bond acceptors (Lipinski definition) is 6. The SMILES string of the molecule is Cc1cc(C(O)C(O)CCS)c(N)c([N+](=O)[O-])c1. The number of nitrogens with two attached hydrogens (primary N) is 1. The van der Waals surface area contributed by atoms with Gasteiger partial charge in [-0.2, -0.15) is 12.6 Å². The first-order valence-corrected chi connectivity index (χ1v) is 6.03. The molecule has 6 nitrogen and oxygen atoms in total. The van der Waals surface area contributed by atoms with Crippen molar-refractivity contribution < 1.29 is 15.1 Å². The molecule has 0 aromatic heterocycles. The summed E-state index contributed by atoms with van der Waals surface area (Å²) in [6, 6.07) is 2.87. The maximum absolute atomic E-state index is 10.8. The number of nitrogen functional groups attached to an aromatic ring is 1. The number of nitro groups is 1. The van der Waals surface area contributed by atoms with Gasteiger partial charge in [-0.25, -0.2) is 0 Å². The van der Waals surface area contributed by atoms with E-state index >= 15 is 0 Å². The molecule has 0 heterocycles. The third-order valence-corrected chi connectivity index (χ3v) is 2.90. The fourth-order valence-corrected chi connectivity index (χ4v) is 1.96. The third kappa shape index (κ3) is 3.12. The molecule has 7 heteroatoms. The van der Waals surface area contributed by atoms with Crippen molar-refractivity contribution in [3.63, 3.8) is 0 Å². The number of rotatable bonds is 5. The van der Waals surface area contributed by atoms with Crippen molar-refractivity contribution in [2.24, 2.45) is 0 Å². The number of thiol groups is 1. The molecule has 0 bridgehead atoms. The molecule has 0 aliphatic heterocycles. The molecule has 0 saturated carbocycles. The topological polar surface area (TPSA) is 110 Å². The standard InChI is InChI=1S/C11H16N2O4S/c1-6-4-7(11(15)9(14)2-3-18)10(12)8(5-6)13(16)17/h4-5,9,11,14-15,18H,2-3,12H2,1H3. The lowest BCUT2D eigenvalue weighted by molar-refractivity contribution is -0.384. The Hall–Kier alpha value is -1.31. The minimum atomic E-state index is -1.25. The Morgan fingerprint density at radius 3 is 2.61 bits per heavy atom. The van der Waals surface area contributed by atoms with Gasteiger partial charge < -0.3 is 15.9 Å². The lowest BCUT2D eigenvalue weighted by Gasteiger charge is -2.19. The van der Waals surface area contributed by atoms with E-state index in [1.54, 1.807) is 6.92 Å². The second-order valence-electron chi connectivity index (χ2n) is 4.07. The molecule has 1 aromatic rings. The van der Waals surface area contributed by atoms with E-state index in [0.717, 1.165) is 0 Å². The molecular weight excluding hydrogens is 256 g/mol. The van der Waals surface area contributed by atoms with Gasteiger partial charge in [-0.15, -0.1) is 0 Å². The quantitative estimate of drug-likeness (QED) is 0.279. The van der Waals surface area contributed by atoms with Gasteiger partial charge in [0.1, 0.15) is 11.8 Å². The molecule has 1 rings (SSSR count). The Morgan fingerprint density at radius 1 is 1.50 bits per heavy atom. The van der Waals surface area contributed by atoms with E-state index in [-0.39, 0.29) is 23.4 Å². The molecule has 2 unspecified atom stereocenters. The number of nitrogens with zero attached hydrogens (tertiary/aromatic N) is 1. The van der Waals surface area contributed by atoms with E-state index in [4.69, 9.17) is 5.73 Å². The van der Waals surface area contributed by atoms with E-state index < -0.39 is 17.1 Å². The highest BCUT2D eigenvalue weighted by Gasteiger charge is 2.25. The molecule has 0 aliphatic carbocycles. The normalized spacial score (nSPS) is 14.2. The predicted octanol–water partition coefficient (Wildman–Crippen LogP) is 1.20. The van der Waals surface area contributed by atoms with Crippen molar-refractivity contribution in [2.45, 2.75) is 25.6 Å². The highest BCUT2D eigenvalue weighted by molar-refractivity contribution is 7.80. The van der Waals surface area contributed by atoms with Gasteiger partial charge in [0.2, 0.25) is 0 Å². The maximum Gasteiger partial charge on any atom is 0.292 e. The summed E-state index contributed by atoms with van der Waals surface area (Å²) in [6.45, 7) is 1.66. The van der Waals surface area contributed by atoms with E-state index in [2.05, 4.69) is 12.6 Å². The first-order valence-electron chi connectivity index (χ1n) is 5.40. The summed E-state index contributed by atoms with van der Waals surface area (Å²) in [6.07, 6.45) is -2.03. The summed E-state index contributed by atoms with van der Waals surface area (Å²) in [5.41, 5.74) is 6.06. The number of hydrogen-bond donors (Lipinski definition) is 4. The van der Waals surface area contributed by atoms with Gasteiger partial charge in [0.25, 0.3) is 5.69 Å². The smallest absolute Gasteiger partial charge is 0.292 e. The van der Waals surface area contributed by atoms with E-state index in [1.165, 1.54) is 12.1 Å². The number of nitro benzene ring substituents is 1. The summed E-state index contributed by atoms with van der Waals surface area (Å²) in [7, 11) is 0. The van der Waals surface area contributed by atoms with Crippen LogP contribution in [0.2, 0.25) is 0 Å². The van der Waals surface area contributed by atoms with E-state index in [9.17, 15) is 20.3 Å². The minimum absolute atomic E-state index is 0.115. The molecule has 0 fully saturated rings. The van der Waals surface area contributed by atoms with E-state index in [0.29, 0.717) is 11.3 Å². The van der Waals surface area contributed by atoms with Gasteiger partial charge in [-0.3, -0.25) is 10.1 Å². The van der Waals surface area contributed by atoms with Gasteiger partial charge in [0, 0.05) is 11.6 Å². The molecule has 4 N–H and O–H groups in total. The van der Waals surface area contributed by atoms with Crippen LogP contribution in [0.15, 0.2) is 12.1 Å². The number of aliphatic hydroxyl groups is 2. The average Bonchev–Trinajstić information content (AvgIpc) is 2.30. The van der Waals surface area contributed by atoms with Gasteiger partial charge in [-0.05, 0) is 24.7 Å². The molecule has 100 valence electrons. The van der Waals surface area contributed by atoms with Crippen LogP contribution in [0.3, 0.4) is 0 Å². The van der Waals surface area contributed by atoms with Crippen molar-refractivity contribution in [1.29, 1.82) is 0 Å². The molecule has 2 atom stereocenters. The zero-order valence-electron chi connectivity index (χ0n) is 9.91. The van der Waals surface area contributed by atoms with Crippen LogP contribution in [-0.2, 0) is 0 Å². The molecule has 0 saturated heterocycles. The monoisotopic (exact) mass is 272 g/mol. The Morgan fingerprint density at radius 2 is 2.11 bits per heavy atom. The van der Waals surface area contributed by atoms with Crippen LogP contribution in [0.4, 0.5) is 11.4 Å². The second-order valence-corrected chi connectivity index (χ2v) is 4.52. The van der Waals surface area contributed by atoms with Crippen LogP contribution in [0, 0.1) is 17.0 Å². The molecule has 18 heavy (non-hydrogen) atoms. The number of benzene rings is 1. The zero-order chi connectivity index (χ0) is 13.9. The lowest BCUT2D eigenvalue weighted by Crippen LogP contribution is -2.20. The van der Waals surface area contributed by atoms with Crippen molar-refractivity contribution in [3.05, 3.63) is 33.4 Å². The Kier molecular flexibility index (Phi) is 4.94. The minimum Gasteiger partial charge on any atom is -0.393 e. The van der Waals surface area contributed by atoms with Gasteiger partial charge >= 0.3 is 0 Å². The number of anilines is 1. The molecular formula is C11H16N2O4S. The number of aliphatic hydroxyl groups excluding tert-OH is 2. The van der Waals surface area contributed by atoms with Crippen molar-refractivity contribution in [1.82, 2.24) is 0 Å². The van der Waals surface area contributed by atoms with Crippen LogP contribution in [-0.4, -0.2) is 27.0 Å². The molecule has 0 amide bonds. The fraction of sp³-hybridized carbons (Fsp3) is 0.455. The van der Waals surface area contributed by atoms with Crippen molar-refractivity contribution in [3.8, 4) is 0 Å². The van der Waals surface area contributed by atoms with Crippen LogP contribution in [0.1, 0.15) is 23.7 Å². The second kappa shape index (κ2) is 6.03. The van der Waals surface area contributed by atoms with Crippen LogP contribution < -0.4 is 5.73 Å². The summed E-state index contributed by atoms with van der Waals surface area (Å²) < 4.78 is 0. The summed E-state index contributed by atoms with van der Waals surface area (Å²) in [5, 5.41) is 30.5. The Balaban J connectivity index is 3.19.